The Hall–Kier alpha value is -1.10. The van der Waals surface area contributed by atoms with Gasteiger partial charge >= 0.3 is 11.9 Å². The highest BCUT2D eigenvalue weighted by Gasteiger charge is 2.13. The molecule has 5 nitrogen and oxygen atoms in total. The Morgan fingerprint density at radius 3 is 2.25 bits per heavy atom. The van der Waals surface area contributed by atoms with Crippen molar-refractivity contribution in [2.24, 2.45) is 0 Å². The normalized spacial score (nSPS) is 12.4. The molecule has 0 radical (unpaired) electrons. The lowest BCUT2D eigenvalue weighted by atomic mass is 10.1. The number of ether oxygens (including phenoxy) is 1. The molecule has 5 heteroatoms. The third-order valence-corrected chi connectivity index (χ3v) is 1.42. The van der Waals surface area contributed by atoms with Crippen molar-refractivity contribution in [1.29, 1.82) is 0 Å². The van der Waals surface area contributed by atoms with E-state index in [-0.39, 0.29) is 19.3 Å². The SMILES string of the molecule is CO[C@@H](CCC(=O)O)CC(=O)O. The number of rotatable bonds is 6. The Kier molecular flexibility index (Phi) is 5.03. The maximum Gasteiger partial charge on any atom is 0.305 e. The van der Waals surface area contributed by atoms with Crippen LogP contribution in [0.3, 0.4) is 0 Å². The van der Waals surface area contributed by atoms with Gasteiger partial charge in [0.1, 0.15) is 0 Å². The van der Waals surface area contributed by atoms with Crippen LogP contribution < -0.4 is 0 Å². The molecule has 0 bridgehead atoms. The number of aliphatic carboxylic acids is 2. The Bertz CT molecular complexity index is 165. The Morgan fingerprint density at radius 2 is 1.92 bits per heavy atom. The van der Waals surface area contributed by atoms with Crippen molar-refractivity contribution in [1.82, 2.24) is 0 Å². The Labute approximate surface area is 70.0 Å². The van der Waals surface area contributed by atoms with Crippen molar-refractivity contribution in [2.45, 2.75) is 25.4 Å². The van der Waals surface area contributed by atoms with Crippen molar-refractivity contribution < 1.29 is 24.5 Å². The molecule has 0 amide bonds. The molecule has 0 saturated carbocycles. The van der Waals surface area contributed by atoms with Crippen molar-refractivity contribution in [2.75, 3.05) is 7.11 Å². The fourth-order valence-corrected chi connectivity index (χ4v) is 0.782. The summed E-state index contributed by atoms with van der Waals surface area (Å²) in [7, 11) is 1.37. The van der Waals surface area contributed by atoms with Crippen LogP contribution in [0.1, 0.15) is 19.3 Å². The smallest absolute Gasteiger partial charge is 0.305 e. The molecule has 1 atom stereocenters. The van der Waals surface area contributed by atoms with Gasteiger partial charge in [0.15, 0.2) is 0 Å². The highest BCUT2D eigenvalue weighted by atomic mass is 16.5. The minimum Gasteiger partial charge on any atom is -0.481 e. The zero-order chi connectivity index (χ0) is 9.56. The summed E-state index contributed by atoms with van der Waals surface area (Å²) >= 11 is 0. The summed E-state index contributed by atoms with van der Waals surface area (Å²) < 4.78 is 4.77. The highest BCUT2D eigenvalue weighted by Crippen LogP contribution is 2.05. The number of carboxylic acid groups (broad SMARTS) is 2. The van der Waals surface area contributed by atoms with Crippen LogP contribution >= 0.6 is 0 Å². The van der Waals surface area contributed by atoms with Gasteiger partial charge in [-0.3, -0.25) is 9.59 Å². The molecule has 0 aliphatic carbocycles. The van der Waals surface area contributed by atoms with Gasteiger partial charge in [-0.2, -0.15) is 0 Å². The number of hydrogen-bond donors (Lipinski definition) is 2. The van der Waals surface area contributed by atoms with Gasteiger partial charge < -0.3 is 14.9 Å². The van der Waals surface area contributed by atoms with Gasteiger partial charge in [-0.1, -0.05) is 0 Å². The van der Waals surface area contributed by atoms with Gasteiger partial charge in [0.05, 0.1) is 12.5 Å². The molecular weight excluding hydrogens is 164 g/mol. The average molecular weight is 176 g/mol. The van der Waals surface area contributed by atoms with Crippen LogP contribution in [0.15, 0.2) is 0 Å². The predicted octanol–water partition coefficient (Wildman–Crippen LogP) is 0.341. The van der Waals surface area contributed by atoms with E-state index < -0.39 is 18.0 Å². The molecule has 0 aromatic heterocycles. The number of methoxy groups -OCH3 is 1. The second kappa shape index (κ2) is 5.54. The summed E-state index contributed by atoms with van der Waals surface area (Å²) in [5.41, 5.74) is 0. The second-order valence-electron chi connectivity index (χ2n) is 2.39. The summed E-state index contributed by atoms with van der Waals surface area (Å²) in [5, 5.41) is 16.6. The molecular formula is C7H12O5. The quantitative estimate of drug-likeness (QED) is 0.609. The standard InChI is InChI=1S/C7H12O5/c1-12-5(4-7(10)11)2-3-6(8)9/h5H,2-4H2,1H3,(H,8,9)(H,10,11)/t5-/m0/s1. The lowest BCUT2D eigenvalue weighted by Crippen LogP contribution is -2.17. The van der Waals surface area contributed by atoms with Gasteiger partial charge in [-0.25, -0.2) is 0 Å². The van der Waals surface area contributed by atoms with Crippen LogP contribution in [0.2, 0.25) is 0 Å². The van der Waals surface area contributed by atoms with E-state index in [0.717, 1.165) is 0 Å². The van der Waals surface area contributed by atoms with E-state index in [4.69, 9.17) is 14.9 Å². The highest BCUT2D eigenvalue weighted by molar-refractivity contribution is 5.68. The molecule has 0 rings (SSSR count). The lowest BCUT2D eigenvalue weighted by Gasteiger charge is -2.10. The first kappa shape index (κ1) is 10.9. The van der Waals surface area contributed by atoms with Gasteiger partial charge in [-0.15, -0.1) is 0 Å². The van der Waals surface area contributed by atoms with E-state index in [1.807, 2.05) is 0 Å². The van der Waals surface area contributed by atoms with Crippen molar-refractivity contribution in [3.05, 3.63) is 0 Å². The molecule has 0 spiro atoms. The molecule has 0 aromatic carbocycles. The maximum absolute atomic E-state index is 10.2. The first-order valence-corrected chi connectivity index (χ1v) is 3.52. The second-order valence-corrected chi connectivity index (χ2v) is 2.39. The first-order chi connectivity index (χ1) is 5.56. The Morgan fingerprint density at radius 1 is 1.33 bits per heavy atom. The summed E-state index contributed by atoms with van der Waals surface area (Å²) in [6.45, 7) is 0. The number of carbonyl (C=O) groups is 2. The fourth-order valence-electron chi connectivity index (χ4n) is 0.782. The third kappa shape index (κ3) is 5.67. The van der Waals surface area contributed by atoms with E-state index in [2.05, 4.69) is 0 Å². The Balaban J connectivity index is 3.67. The molecule has 70 valence electrons. The van der Waals surface area contributed by atoms with Crippen molar-refractivity contribution in [3.8, 4) is 0 Å². The summed E-state index contributed by atoms with van der Waals surface area (Å²) in [6.07, 6.45) is -0.480. The van der Waals surface area contributed by atoms with Crippen molar-refractivity contribution in [3.63, 3.8) is 0 Å². The first-order valence-electron chi connectivity index (χ1n) is 3.52. The third-order valence-electron chi connectivity index (χ3n) is 1.42. The molecule has 0 aromatic rings. The van der Waals surface area contributed by atoms with Gasteiger partial charge in [0, 0.05) is 13.5 Å². The van der Waals surface area contributed by atoms with E-state index >= 15 is 0 Å². The molecule has 0 heterocycles. The largest absolute Gasteiger partial charge is 0.481 e. The summed E-state index contributed by atoms with van der Waals surface area (Å²) in [4.78, 5) is 20.3. The van der Waals surface area contributed by atoms with Crippen molar-refractivity contribution >= 4 is 11.9 Å². The minimum absolute atomic E-state index is 0.0637. The minimum atomic E-state index is -0.979. The van der Waals surface area contributed by atoms with Crippen LogP contribution in [0.25, 0.3) is 0 Å². The average Bonchev–Trinajstić information content (AvgIpc) is 1.97. The molecule has 0 fully saturated rings. The van der Waals surface area contributed by atoms with E-state index in [1.165, 1.54) is 7.11 Å². The topological polar surface area (TPSA) is 83.8 Å². The maximum atomic E-state index is 10.2. The van der Waals surface area contributed by atoms with E-state index in [1.54, 1.807) is 0 Å². The van der Waals surface area contributed by atoms with Gasteiger partial charge in [0.25, 0.3) is 0 Å². The molecule has 0 unspecified atom stereocenters. The predicted molar refractivity (Wildman–Crippen MR) is 39.9 cm³/mol. The summed E-state index contributed by atoms with van der Waals surface area (Å²) in [6, 6.07) is 0. The fraction of sp³-hybridized carbons (Fsp3) is 0.714. The van der Waals surface area contributed by atoms with E-state index in [0.29, 0.717) is 0 Å². The van der Waals surface area contributed by atoms with Crippen LogP contribution in [-0.4, -0.2) is 35.4 Å². The van der Waals surface area contributed by atoms with Crippen LogP contribution in [0.5, 0.6) is 0 Å². The number of hydrogen-bond acceptors (Lipinski definition) is 3. The van der Waals surface area contributed by atoms with Crippen LogP contribution in [0, 0.1) is 0 Å². The zero-order valence-corrected chi connectivity index (χ0v) is 6.82. The summed E-state index contributed by atoms with van der Waals surface area (Å²) in [5.74, 6) is -1.92. The van der Waals surface area contributed by atoms with Crippen LogP contribution in [-0.2, 0) is 14.3 Å². The van der Waals surface area contributed by atoms with Gasteiger partial charge in [-0.05, 0) is 6.42 Å². The molecule has 0 saturated heterocycles. The van der Waals surface area contributed by atoms with Crippen LogP contribution in [0.4, 0.5) is 0 Å². The monoisotopic (exact) mass is 176 g/mol. The zero-order valence-electron chi connectivity index (χ0n) is 6.82. The lowest BCUT2D eigenvalue weighted by molar-refractivity contribution is -0.142. The number of carboxylic acids is 2. The molecule has 12 heavy (non-hydrogen) atoms. The molecule has 2 N–H and O–H groups in total. The molecule has 0 aliphatic heterocycles. The molecule has 0 aliphatic rings. The van der Waals surface area contributed by atoms with E-state index in [9.17, 15) is 9.59 Å². The van der Waals surface area contributed by atoms with Gasteiger partial charge in [0.2, 0.25) is 0 Å².